The van der Waals surface area contributed by atoms with Crippen molar-refractivity contribution in [3.05, 3.63) is 46.6 Å². The van der Waals surface area contributed by atoms with E-state index < -0.39 is 5.97 Å². The Morgan fingerprint density at radius 3 is 2.76 bits per heavy atom. The summed E-state index contributed by atoms with van der Waals surface area (Å²) in [5.41, 5.74) is 3.03. The smallest absolute Gasteiger partial charge is 0.335 e. The molecule has 1 aromatic heterocycles. The van der Waals surface area contributed by atoms with Gasteiger partial charge in [0.1, 0.15) is 0 Å². The van der Waals surface area contributed by atoms with Crippen LogP contribution in [0.5, 0.6) is 0 Å². The Morgan fingerprint density at radius 2 is 2.10 bits per heavy atom. The number of carboxylic acids is 1. The van der Waals surface area contributed by atoms with Crippen molar-refractivity contribution in [2.75, 3.05) is 11.1 Å². The van der Waals surface area contributed by atoms with Crippen LogP contribution in [0.4, 0.5) is 5.82 Å². The molecule has 108 valence electrons. The number of H-pyrrole nitrogens is 1. The summed E-state index contributed by atoms with van der Waals surface area (Å²) < 4.78 is 0. The van der Waals surface area contributed by atoms with Crippen LogP contribution < -0.4 is 5.32 Å². The number of carboxylic acid groups (broad SMARTS) is 1. The fourth-order valence-corrected chi connectivity index (χ4v) is 3.52. The summed E-state index contributed by atoms with van der Waals surface area (Å²) in [6, 6.07) is 6.72. The Balaban J connectivity index is 2.03. The van der Waals surface area contributed by atoms with Gasteiger partial charge in [0.05, 0.1) is 16.6 Å². The Labute approximate surface area is 124 Å². The van der Waals surface area contributed by atoms with Crippen LogP contribution in [0.3, 0.4) is 0 Å². The molecule has 3 rings (SSSR count). The van der Waals surface area contributed by atoms with Gasteiger partial charge < -0.3 is 10.4 Å². The molecule has 7 heteroatoms. The third-order valence-electron chi connectivity index (χ3n) is 3.36. The molecule has 3 N–H and O–H groups in total. The maximum atomic E-state index is 11.7. The number of aryl methyl sites for hydroxylation is 1. The predicted octanol–water partition coefficient (Wildman–Crippen LogP) is 2.19. The van der Waals surface area contributed by atoms with Gasteiger partial charge in [0.15, 0.2) is 5.82 Å². The van der Waals surface area contributed by atoms with Crippen molar-refractivity contribution >= 4 is 29.5 Å². The first-order chi connectivity index (χ1) is 10.1. The van der Waals surface area contributed by atoms with E-state index in [0.29, 0.717) is 11.6 Å². The number of carbonyl (C=O) groups excluding carboxylic acids is 1. The Morgan fingerprint density at radius 1 is 1.38 bits per heavy atom. The van der Waals surface area contributed by atoms with E-state index in [9.17, 15) is 9.59 Å². The van der Waals surface area contributed by atoms with Crippen molar-refractivity contribution in [3.63, 3.8) is 0 Å². The first-order valence-corrected chi connectivity index (χ1v) is 7.40. The summed E-state index contributed by atoms with van der Waals surface area (Å²) in [5, 5.41) is 18.7. The molecule has 1 atom stereocenters. The second kappa shape index (κ2) is 5.25. The van der Waals surface area contributed by atoms with Crippen LogP contribution >= 0.6 is 11.8 Å². The fraction of sp³-hybridized carbons (Fsp3) is 0.214. The van der Waals surface area contributed by atoms with E-state index in [-0.39, 0.29) is 16.7 Å². The summed E-state index contributed by atoms with van der Waals surface area (Å²) in [7, 11) is 0. The van der Waals surface area contributed by atoms with Crippen molar-refractivity contribution < 1.29 is 14.7 Å². The minimum Gasteiger partial charge on any atom is -0.478 e. The molecular weight excluding hydrogens is 290 g/mol. The number of fused-ring (bicyclic) bond motifs is 1. The number of amides is 1. The number of carbonyl (C=O) groups is 2. The quantitative estimate of drug-likeness (QED) is 0.790. The number of aromatic carboxylic acids is 1. The van der Waals surface area contributed by atoms with Gasteiger partial charge in [-0.3, -0.25) is 9.89 Å². The summed E-state index contributed by atoms with van der Waals surface area (Å²) in [4.78, 5) is 22.6. The molecule has 0 bridgehead atoms. The van der Waals surface area contributed by atoms with Gasteiger partial charge >= 0.3 is 5.97 Å². The van der Waals surface area contributed by atoms with Crippen LogP contribution in [0.2, 0.25) is 0 Å². The van der Waals surface area contributed by atoms with E-state index in [4.69, 9.17) is 5.11 Å². The lowest BCUT2D eigenvalue weighted by atomic mass is 10.0. The molecule has 1 amide bonds. The zero-order valence-electron chi connectivity index (χ0n) is 11.2. The van der Waals surface area contributed by atoms with Crippen molar-refractivity contribution in [1.82, 2.24) is 10.2 Å². The van der Waals surface area contributed by atoms with Gasteiger partial charge in [-0.05, 0) is 24.6 Å². The second-order valence-corrected chi connectivity index (χ2v) is 5.87. The van der Waals surface area contributed by atoms with Crippen LogP contribution in [0.1, 0.15) is 32.4 Å². The standard InChI is InChI=1S/C14H13N3O3S/c1-7-11-12(8-2-4-9(5-3-8)14(19)20)21-6-10(18)15-13(11)17-16-7/h2-5,12H,6H2,1H3,(H,19,20)(H2,15,16,17,18). The minimum atomic E-state index is -0.952. The van der Waals surface area contributed by atoms with Crippen molar-refractivity contribution in [1.29, 1.82) is 0 Å². The number of nitrogens with one attached hydrogen (secondary N) is 2. The first-order valence-electron chi connectivity index (χ1n) is 6.36. The first kappa shape index (κ1) is 13.7. The van der Waals surface area contributed by atoms with Gasteiger partial charge in [-0.1, -0.05) is 12.1 Å². The molecule has 1 unspecified atom stereocenters. The molecule has 1 aromatic carbocycles. The summed E-state index contributed by atoms with van der Waals surface area (Å²) in [6.07, 6.45) is 0. The van der Waals surface area contributed by atoms with Crippen molar-refractivity contribution in [3.8, 4) is 0 Å². The van der Waals surface area contributed by atoms with E-state index in [1.165, 1.54) is 11.8 Å². The highest BCUT2D eigenvalue weighted by Crippen LogP contribution is 2.42. The number of hydrogen-bond donors (Lipinski definition) is 3. The van der Waals surface area contributed by atoms with Crippen LogP contribution in [-0.4, -0.2) is 32.9 Å². The van der Waals surface area contributed by atoms with Crippen LogP contribution in [0, 0.1) is 6.92 Å². The molecule has 2 heterocycles. The lowest BCUT2D eigenvalue weighted by Crippen LogP contribution is -2.12. The number of thioether (sulfide) groups is 1. The van der Waals surface area contributed by atoms with Gasteiger partial charge in [-0.25, -0.2) is 4.79 Å². The Kier molecular flexibility index (Phi) is 3.42. The van der Waals surface area contributed by atoms with Gasteiger partial charge in [0.2, 0.25) is 5.91 Å². The zero-order valence-corrected chi connectivity index (χ0v) is 12.0. The topological polar surface area (TPSA) is 95.1 Å². The highest BCUT2D eigenvalue weighted by atomic mass is 32.2. The van der Waals surface area contributed by atoms with E-state index >= 15 is 0 Å². The number of nitrogens with zero attached hydrogens (tertiary/aromatic N) is 1. The molecule has 0 spiro atoms. The molecule has 2 aromatic rings. The van der Waals surface area contributed by atoms with E-state index in [1.807, 2.05) is 6.92 Å². The minimum absolute atomic E-state index is 0.0551. The molecule has 1 aliphatic heterocycles. The zero-order chi connectivity index (χ0) is 15.0. The highest BCUT2D eigenvalue weighted by molar-refractivity contribution is 8.00. The molecule has 1 aliphatic rings. The molecule has 6 nitrogen and oxygen atoms in total. The molecular formula is C14H13N3O3S. The average molecular weight is 303 g/mol. The number of aromatic nitrogens is 2. The number of benzene rings is 1. The van der Waals surface area contributed by atoms with Crippen LogP contribution in [0.25, 0.3) is 0 Å². The number of rotatable bonds is 2. The number of hydrogen-bond acceptors (Lipinski definition) is 4. The monoisotopic (exact) mass is 303 g/mol. The van der Waals surface area contributed by atoms with Crippen molar-refractivity contribution in [2.45, 2.75) is 12.2 Å². The van der Waals surface area contributed by atoms with Crippen molar-refractivity contribution in [2.24, 2.45) is 0 Å². The molecule has 21 heavy (non-hydrogen) atoms. The van der Waals surface area contributed by atoms with E-state index in [2.05, 4.69) is 15.5 Å². The van der Waals surface area contributed by atoms with Gasteiger partial charge in [-0.2, -0.15) is 5.10 Å². The summed E-state index contributed by atoms with van der Waals surface area (Å²) >= 11 is 1.50. The molecule has 0 saturated heterocycles. The van der Waals surface area contributed by atoms with Crippen LogP contribution in [0.15, 0.2) is 24.3 Å². The normalized spacial score (nSPS) is 17.8. The number of anilines is 1. The SMILES string of the molecule is Cc1[nH]nc2c1C(c1ccc(C(=O)O)cc1)SCC(=O)N2. The number of aromatic amines is 1. The van der Waals surface area contributed by atoms with Gasteiger partial charge in [-0.15, -0.1) is 11.8 Å². The molecule has 0 saturated carbocycles. The van der Waals surface area contributed by atoms with E-state index in [1.54, 1.807) is 24.3 Å². The van der Waals surface area contributed by atoms with Gasteiger partial charge in [0, 0.05) is 11.3 Å². The lowest BCUT2D eigenvalue weighted by Gasteiger charge is -2.15. The fourth-order valence-electron chi connectivity index (χ4n) is 2.33. The largest absolute Gasteiger partial charge is 0.478 e. The molecule has 0 fully saturated rings. The van der Waals surface area contributed by atoms with Crippen LogP contribution in [-0.2, 0) is 4.79 Å². The third-order valence-corrected chi connectivity index (χ3v) is 4.63. The lowest BCUT2D eigenvalue weighted by molar-refractivity contribution is -0.113. The molecule has 0 radical (unpaired) electrons. The second-order valence-electron chi connectivity index (χ2n) is 4.78. The molecule has 0 aliphatic carbocycles. The summed E-state index contributed by atoms with van der Waals surface area (Å²) in [5.74, 6) is -0.152. The Bertz CT molecular complexity index is 709. The maximum absolute atomic E-state index is 11.7. The predicted molar refractivity (Wildman–Crippen MR) is 79.7 cm³/mol. The highest BCUT2D eigenvalue weighted by Gasteiger charge is 2.28. The third kappa shape index (κ3) is 2.52. The average Bonchev–Trinajstić information content (AvgIpc) is 2.72. The van der Waals surface area contributed by atoms with E-state index in [0.717, 1.165) is 16.8 Å². The Hall–Kier alpha value is -2.28. The summed E-state index contributed by atoms with van der Waals surface area (Å²) in [6.45, 7) is 1.91. The van der Waals surface area contributed by atoms with Gasteiger partial charge in [0.25, 0.3) is 0 Å². The maximum Gasteiger partial charge on any atom is 0.335 e.